The van der Waals surface area contributed by atoms with Crippen LogP contribution in [0.2, 0.25) is 0 Å². The average Bonchev–Trinajstić information content (AvgIpc) is 2.84. The van der Waals surface area contributed by atoms with E-state index in [2.05, 4.69) is 0 Å². The molecule has 4 N–H and O–H groups in total. The molecular formula is C29H30O6S. The smallest absolute Gasteiger partial charge is 0.275 e. The second kappa shape index (κ2) is 8.84. The molecule has 1 atom stereocenters. The van der Waals surface area contributed by atoms with Crippen molar-refractivity contribution in [2.45, 2.75) is 42.8 Å². The fourth-order valence-electron chi connectivity index (χ4n) is 5.18. The van der Waals surface area contributed by atoms with E-state index in [9.17, 15) is 28.3 Å². The van der Waals surface area contributed by atoms with Crippen LogP contribution in [0.4, 0.5) is 0 Å². The van der Waals surface area contributed by atoms with Crippen LogP contribution >= 0.6 is 0 Å². The van der Waals surface area contributed by atoms with Crippen LogP contribution < -0.4 is 0 Å². The average molecular weight is 507 g/mol. The van der Waals surface area contributed by atoms with Crippen LogP contribution in [0.25, 0.3) is 0 Å². The Balaban J connectivity index is 1.86. The summed E-state index contributed by atoms with van der Waals surface area (Å²) in [5.41, 5.74) is 1.39. The Labute approximate surface area is 211 Å². The second-order valence-electron chi connectivity index (χ2n) is 9.95. The molecule has 0 aliphatic heterocycles. The number of allylic oxidation sites excluding steroid dienone is 3. The number of phenolic OH excluding ortho intramolecular Hbond substituents is 3. The minimum absolute atomic E-state index is 0.0112. The van der Waals surface area contributed by atoms with Crippen LogP contribution in [0, 0.1) is 0 Å². The molecule has 0 aromatic heterocycles. The van der Waals surface area contributed by atoms with Crippen molar-refractivity contribution in [1.29, 1.82) is 0 Å². The quantitative estimate of drug-likeness (QED) is 0.324. The van der Waals surface area contributed by atoms with E-state index in [-0.39, 0.29) is 23.7 Å². The lowest BCUT2D eigenvalue weighted by molar-refractivity contribution is 0.353. The van der Waals surface area contributed by atoms with Gasteiger partial charge in [-0.3, -0.25) is 4.55 Å². The molecule has 1 aliphatic carbocycles. The normalized spacial score (nSPS) is 18.6. The highest BCUT2D eigenvalue weighted by atomic mass is 32.2. The lowest BCUT2D eigenvalue weighted by atomic mass is 9.65. The van der Waals surface area contributed by atoms with Crippen molar-refractivity contribution in [2.24, 2.45) is 0 Å². The maximum atomic E-state index is 12.9. The number of rotatable bonds is 6. The minimum atomic E-state index is -4.57. The molecule has 36 heavy (non-hydrogen) atoms. The first-order chi connectivity index (χ1) is 16.8. The summed E-state index contributed by atoms with van der Waals surface area (Å²) >= 11 is 0. The zero-order chi connectivity index (χ0) is 26.4. The lowest BCUT2D eigenvalue weighted by Gasteiger charge is -2.45. The third kappa shape index (κ3) is 4.08. The van der Waals surface area contributed by atoms with Gasteiger partial charge in [-0.2, -0.15) is 8.42 Å². The number of benzene rings is 3. The largest absolute Gasteiger partial charge is 0.508 e. The van der Waals surface area contributed by atoms with Crippen molar-refractivity contribution >= 4 is 10.1 Å². The first-order valence-electron chi connectivity index (χ1n) is 11.6. The molecule has 188 valence electrons. The predicted octanol–water partition coefficient (Wildman–Crippen LogP) is 5.60. The first-order valence-corrected chi connectivity index (χ1v) is 13.0. The van der Waals surface area contributed by atoms with Gasteiger partial charge in [0.25, 0.3) is 10.1 Å². The van der Waals surface area contributed by atoms with Gasteiger partial charge in [0.1, 0.15) is 22.0 Å². The summed E-state index contributed by atoms with van der Waals surface area (Å²) in [7, 11) is -4.57. The van der Waals surface area contributed by atoms with Gasteiger partial charge in [0.05, 0.1) is 0 Å². The van der Waals surface area contributed by atoms with Crippen LogP contribution in [0.3, 0.4) is 0 Å². The Hall–Kier alpha value is -3.55. The van der Waals surface area contributed by atoms with Gasteiger partial charge in [0.15, 0.2) is 0 Å². The predicted molar refractivity (Wildman–Crippen MR) is 140 cm³/mol. The van der Waals surface area contributed by atoms with Gasteiger partial charge in [-0.15, -0.1) is 0 Å². The van der Waals surface area contributed by atoms with Crippen LogP contribution in [-0.4, -0.2) is 33.0 Å². The van der Waals surface area contributed by atoms with E-state index in [1.807, 2.05) is 37.3 Å². The van der Waals surface area contributed by atoms with Crippen molar-refractivity contribution in [3.05, 3.63) is 113 Å². The van der Waals surface area contributed by atoms with Crippen molar-refractivity contribution in [2.75, 3.05) is 0 Å². The van der Waals surface area contributed by atoms with Crippen LogP contribution in [0.5, 0.6) is 17.2 Å². The summed E-state index contributed by atoms with van der Waals surface area (Å²) in [6.45, 7) is 5.51. The van der Waals surface area contributed by atoms with Crippen LogP contribution in [-0.2, 0) is 20.9 Å². The maximum absolute atomic E-state index is 12.9. The summed E-state index contributed by atoms with van der Waals surface area (Å²) in [5.74, 6) is 0.317. The summed E-state index contributed by atoms with van der Waals surface area (Å²) in [6.07, 6.45) is 5.13. The van der Waals surface area contributed by atoms with E-state index in [1.165, 1.54) is 12.1 Å². The first kappa shape index (κ1) is 25.5. The van der Waals surface area contributed by atoms with Gasteiger partial charge in [0.2, 0.25) is 0 Å². The number of hydrogen-bond acceptors (Lipinski definition) is 5. The summed E-state index contributed by atoms with van der Waals surface area (Å²) in [5, 5.41) is 29.4. The topological polar surface area (TPSA) is 115 Å². The molecule has 0 amide bonds. The van der Waals surface area contributed by atoms with Crippen molar-refractivity contribution in [1.82, 2.24) is 0 Å². The van der Waals surface area contributed by atoms with Gasteiger partial charge in [-0.05, 0) is 72.0 Å². The SMILES string of the molecule is CC(C1=CCC(C(C)(C)c2ccc(O)cc2)(S(=O)(=O)O)C=C1)(c1ccc(O)cc1)c1ccc(O)cc1. The third-order valence-electron chi connectivity index (χ3n) is 7.73. The highest BCUT2D eigenvalue weighted by Gasteiger charge is 2.54. The molecule has 4 rings (SSSR count). The third-order valence-corrected chi connectivity index (χ3v) is 9.46. The zero-order valence-corrected chi connectivity index (χ0v) is 21.2. The fraction of sp³-hybridized carbons (Fsp3) is 0.241. The molecule has 0 spiro atoms. The van der Waals surface area contributed by atoms with Gasteiger partial charge >= 0.3 is 0 Å². The number of phenols is 3. The second-order valence-corrected chi connectivity index (χ2v) is 11.6. The molecule has 0 radical (unpaired) electrons. The van der Waals surface area contributed by atoms with E-state index in [4.69, 9.17) is 0 Å². The molecule has 0 saturated carbocycles. The van der Waals surface area contributed by atoms with Crippen molar-refractivity contribution < 1.29 is 28.3 Å². The molecule has 0 heterocycles. The summed E-state index contributed by atoms with van der Waals surface area (Å²) < 4.78 is 34.7. The molecule has 1 unspecified atom stereocenters. The standard InChI is InChI=1S/C29H30O6S/c1-27(2,20-4-10-24(30)11-5-20)29(36(33,34)35)18-16-23(17-19-29)28(3,21-6-12-25(31)13-7-21)22-8-14-26(32)15-9-22/h4-18,30-32H,19H2,1-3H3,(H,33,34,35). The highest BCUT2D eigenvalue weighted by molar-refractivity contribution is 7.87. The van der Waals surface area contributed by atoms with Gasteiger partial charge in [-0.1, -0.05) is 68.5 Å². The lowest BCUT2D eigenvalue weighted by Crippen LogP contribution is -2.53. The van der Waals surface area contributed by atoms with Crippen molar-refractivity contribution in [3.8, 4) is 17.2 Å². The van der Waals surface area contributed by atoms with Gasteiger partial charge in [-0.25, -0.2) is 0 Å². The molecule has 0 saturated heterocycles. The summed E-state index contributed by atoms with van der Waals surface area (Å²) in [6, 6.07) is 19.9. The molecule has 7 heteroatoms. The molecule has 0 fully saturated rings. The molecular weight excluding hydrogens is 476 g/mol. The molecule has 3 aromatic rings. The van der Waals surface area contributed by atoms with Gasteiger partial charge < -0.3 is 15.3 Å². The van der Waals surface area contributed by atoms with Crippen LogP contribution in [0.1, 0.15) is 43.9 Å². The molecule has 0 bridgehead atoms. The maximum Gasteiger partial charge on any atom is 0.275 e. The molecule has 3 aromatic carbocycles. The Morgan fingerprint density at radius 1 is 0.694 bits per heavy atom. The Morgan fingerprint density at radius 2 is 1.08 bits per heavy atom. The number of hydrogen-bond donors (Lipinski definition) is 4. The summed E-state index contributed by atoms with van der Waals surface area (Å²) in [4.78, 5) is 0. The number of aromatic hydroxyl groups is 3. The van der Waals surface area contributed by atoms with Crippen molar-refractivity contribution in [3.63, 3.8) is 0 Å². The fourth-order valence-corrected chi connectivity index (χ4v) is 6.48. The van der Waals surface area contributed by atoms with Gasteiger partial charge in [0, 0.05) is 10.8 Å². The van der Waals surface area contributed by atoms with E-state index in [1.54, 1.807) is 62.4 Å². The Morgan fingerprint density at radius 3 is 1.42 bits per heavy atom. The van der Waals surface area contributed by atoms with E-state index >= 15 is 0 Å². The minimum Gasteiger partial charge on any atom is -0.508 e. The van der Waals surface area contributed by atoms with E-state index in [0.717, 1.165) is 16.7 Å². The Bertz CT molecular complexity index is 1370. The monoisotopic (exact) mass is 506 g/mol. The highest BCUT2D eigenvalue weighted by Crippen LogP contribution is 2.49. The molecule has 1 aliphatic rings. The van der Waals surface area contributed by atoms with E-state index < -0.39 is 25.7 Å². The van der Waals surface area contributed by atoms with E-state index in [0.29, 0.717) is 5.56 Å². The molecule has 6 nitrogen and oxygen atoms in total. The zero-order valence-electron chi connectivity index (χ0n) is 20.4. The van der Waals surface area contributed by atoms with Crippen LogP contribution in [0.15, 0.2) is 96.6 Å². The Kier molecular flexibility index (Phi) is 6.27.